The molecule has 2 aliphatic carbocycles. The van der Waals surface area contributed by atoms with Crippen LogP contribution in [-0.2, 0) is 25.8 Å². The monoisotopic (exact) mass is 820 g/mol. The van der Waals surface area contributed by atoms with Gasteiger partial charge in [0.2, 0.25) is 0 Å². The van der Waals surface area contributed by atoms with Crippen LogP contribution in [0.5, 0.6) is 0 Å². The second-order valence-electron chi connectivity index (χ2n) is 17.6. The van der Waals surface area contributed by atoms with Gasteiger partial charge in [0, 0.05) is 0 Å². The fourth-order valence-corrected chi connectivity index (χ4v) is 37.9. The van der Waals surface area contributed by atoms with Crippen LogP contribution in [-0.4, -0.2) is 5.43 Å². The summed E-state index contributed by atoms with van der Waals surface area (Å²) >= 11 is -5.08. The minimum atomic E-state index is -5.08. The van der Waals surface area contributed by atoms with Gasteiger partial charge in [-0.1, -0.05) is 0 Å². The number of halogens is 2. The second kappa shape index (κ2) is 13.0. The van der Waals surface area contributed by atoms with Gasteiger partial charge in [0.25, 0.3) is 0 Å². The Bertz CT molecular complexity index is 2360. The first kappa shape index (κ1) is 37.6. The van der Waals surface area contributed by atoms with Crippen molar-refractivity contribution in [1.82, 2.24) is 0 Å². The van der Waals surface area contributed by atoms with Crippen molar-refractivity contribution < 1.29 is 19.4 Å². The Morgan fingerprint density at radius 1 is 0.615 bits per heavy atom. The van der Waals surface area contributed by atoms with Crippen molar-refractivity contribution >= 4 is 40.2 Å². The number of rotatable bonds is 5. The molecule has 4 aromatic carbocycles. The summed E-state index contributed by atoms with van der Waals surface area (Å²) in [6, 6.07) is 33.8. The van der Waals surface area contributed by atoms with Crippen molar-refractivity contribution in [2.24, 2.45) is 0 Å². The molecule has 2 unspecified atom stereocenters. The third kappa shape index (κ3) is 6.07. The molecule has 0 radical (unpaired) electrons. The van der Waals surface area contributed by atoms with E-state index in [0.717, 1.165) is 17.1 Å². The summed E-state index contributed by atoms with van der Waals surface area (Å²) in [5, 5.41) is 0. The number of hydrogen-bond acceptors (Lipinski definition) is 1. The van der Waals surface area contributed by atoms with E-state index in [4.69, 9.17) is 21.4 Å². The zero-order chi connectivity index (χ0) is 37.6. The molecule has 2 atom stereocenters. The van der Waals surface area contributed by atoms with E-state index in [1.807, 2.05) is 6.92 Å². The Labute approximate surface area is 319 Å². The van der Waals surface area contributed by atoms with Crippen LogP contribution in [0.25, 0.3) is 40.0 Å². The third-order valence-electron chi connectivity index (χ3n) is 11.8. The van der Waals surface area contributed by atoms with Crippen LogP contribution in [0.2, 0.25) is 13.1 Å². The van der Waals surface area contributed by atoms with E-state index in [9.17, 15) is 0 Å². The van der Waals surface area contributed by atoms with E-state index in [2.05, 4.69) is 172 Å². The van der Waals surface area contributed by atoms with Gasteiger partial charge in [-0.3, -0.25) is 0 Å². The van der Waals surface area contributed by atoms with Crippen molar-refractivity contribution in [2.75, 3.05) is 0 Å². The van der Waals surface area contributed by atoms with Gasteiger partial charge in [-0.05, 0) is 0 Å². The number of aryl methyl sites for hydroxylation is 2. The van der Waals surface area contributed by atoms with Crippen molar-refractivity contribution in [3.8, 4) is 22.3 Å². The molecule has 0 saturated carbocycles. The number of fused-ring (bicyclic) bond motifs is 2. The molecule has 0 aliphatic heterocycles. The fourth-order valence-electron chi connectivity index (χ4n) is 8.85. The van der Waals surface area contributed by atoms with Crippen LogP contribution < -0.4 is 0 Å². The maximum absolute atomic E-state index is 8.72. The summed E-state index contributed by atoms with van der Waals surface area (Å²) in [6.45, 7) is 24.9. The molecule has 0 fully saturated rings. The maximum atomic E-state index is 8.72. The normalized spacial score (nSPS) is 17.5. The fraction of sp³-hybridized carbons (Fsp3) is 0.319. The standard InChI is InChI=1S/C25H25O.C20H21.C2H6Si.2ClH.Zr/c1-16-6-8-19-14-20(23-13-7-17(2)26-23)15-22(19)24(16)18-9-11-21(12-10-18)25(3,4)5;1-14-12-16-6-5-7-18(19(16)13-14)15-8-10-17(11-9-15)20(2,3)4;1-3-2;;;/h6-15H,1-5H3;5-13H,1-4H3;1-2H3;2*1H;/q;;;;;+2/p-2. The minimum absolute atomic E-state index is 0.0244. The van der Waals surface area contributed by atoms with E-state index >= 15 is 0 Å². The van der Waals surface area contributed by atoms with Gasteiger partial charge >= 0.3 is 322 Å². The van der Waals surface area contributed by atoms with Gasteiger partial charge in [-0.25, -0.2) is 0 Å². The molecule has 52 heavy (non-hydrogen) atoms. The Hall–Kier alpha value is -2.68. The summed E-state index contributed by atoms with van der Waals surface area (Å²) in [7, 11) is 17.4. The summed E-state index contributed by atoms with van der Waals surface area (Å²) in [6.07, 6.45) is 4.77. The zero-order valence-electron chi connectivity index (χ0n) is 32.6. The average molecular weight is 823 g/mol. The van der Waals surface area contributed by atoms with Crippen molar-refractivity contribution in [1.29, 1.82) is 0 Å². The molecule has 1 nitrogen and oxygen atoms in total. The van der Waals surface area contributed by atoms with Gasteiger partial charge in [-0.2, -0.15) is 0 Å². The molecule has 5 heteroatoms. The first-order chi connectivity index (χ1) is 24.3. The molecule has 7 rings (SSSR count). The zero-order valence-corrected chi connectivity index (χ0v) is 37.6. The van der Waals surface area contributed by atoms with E-state index in [1.54, 1.807) is 0 Å². The molecule has 0 saturated heterocycles. The first-order valence-electron chi connectivity index (χ1n) is 18.6. The molecule has 2 aliphatic rings. The average Bonchev–Trinajstić information content (AvgIpc) is 3.78. The Balaban J connectivity index is 1.45. The molecule has 5 aromatic rings. The van der Waals surface area contributed by atoms with Crippen molar-refractivity contribution in [3.63, 3.8) is 0 Å². The molecular formula is C47H52Cl2OSiZr. The second-order valence-corrected chi connectivity index (χ2v) is 56.4. The van der Waals surface area contributed by atoms with Crippen LogP contribution in [0.3, 0.4) is 0 Å². The van der Waals surface area contributed by atoms with Gasteiger partial charge in [-0.15, -0.1) is 0 Å². The molecular weight excluding hydrogens is 771 g/mol. The molecule has 1 aromatic heterocycles. The molecule has 0 bridgehead atoms. The van der Waals surface area contributed by atoms with Crippen LogP contribution >= 0.6 is 17.0 Å². The first-order valence-corrected chi connectivity index (χ1v) is 34.0. The summed E-state index contributed by atoms with van der Waals surface area (Å²) in [5.74, 6) is 1.77. The SMILES string of the molecule is CC1=Cc2c(-c3ccc(C(C)(C)C)cc3)cccc2[CH]1[Zr]([Cl])([Cl])([CH]1C(c2ccc(C)o2)=Cc2c1ccc(C)c2-c1ccc(C(C)(C)C)cc1)=[Si](C)C. The van der Waals surface area contributed by atoms with Crippen LogP contribution in [0, 0.1) is 13.8 Å². The molecule has 0 N–H and O–H groups in total. The van der Waals surface area contributed by atoms with Crippen LogP contribution in [0.4, 0.5) is 0 Å². The van der Waals surface area contributed by atoms with Gasteiger partial charge in [0.1, 0.15) is 0 Å². The van der Waals surface area contributed by atoms with Crippen LogP contribution in [0.1, 0.15) is 106 Å². The number of furan rings is 1. The van der Waals surface area contributed by atoms with E-state index in [1.165, 1.54) is 66.8 Å². The topological polar surface area (TPSA) is 13.1 Å². The molecule has 0 amide bonds. The summed E-state index contributed by atoms with van der Waals surface area (Å²) < 4.78 is 6.34. The van der Waals surface area contributed by atoms with Crippen LogP contribution in [0.15, 0.2) is 101 Å². The molecule has 1 heterocycles. The Kier molecular flexibility index (Phi) is 9.39. The number of hydrogen-bond donors (Lipinski definition) is 0. The van der Waals surface area contributed by atoms with E-state index < -0.39 is 20.4 Å². The quantitative estimate of drug-likeness (QED) is 0.161. The van der Waals surface area contributed by atoms with Gasteiger partial charge in [0.05, 0.1) is 0 Å². The predicted molar refractivity (Wildman–Crippen MR) is 226 cm³/mol. The summed E-state index contributed by atoms with van der Waals surface area (Å²) in [5.41, 5.74) is 15.2. The summed E-state index contributed by atoms with van der Waals surface area (Å²) in [4.78, 5) is 0. The van der Waals surface area contributed by atoms with Gasteiger partial charge < -0.3 is 0 Å². The number of allylic oxidation sites excluding steroid dienone is 2. The number of benzene rings is 4. The third-order valence-corrected chi connectivity index (χ3v) is 58.4. The Morgan fingerprint density at radius 2 is 1.19 bits per heavy atom. The molecule has 268 valence electrons. The molecule has 0 spiro atoms. The van der Waals surface area contributed by atoms with E-state index in [0.29, 0.717) is 0 Å². The predicted octanol–water partition coefficient (Wildman–Crippen LogP) is 14.8. The van der Waals surface area contributed by atoms with Crippen molar-refractivity contribution in [2.45, 2.75) is 93.5 Å². The van der Waals surface area contributed by atoms with Crippen molar-refractivity contribution in [3.05, 3.63) is 147 Å². The Morgan fingerprint density at radius 3 is 1.73 bits per heavy atom. The van der Waals surface area contributed by atoms with Gasteiger partial charge in [0.15, 0.2) is 0 Å². The van der Waals surface area contributed by atoms with E-state index in [-0.39, 0.29) is 18.1 Å².